The van der Waals surface area contributed by atoms with Crippen LogP contribution >= 0.6 is 0 Å². The van der Waals surface area contributed by atoms with Gasteiger partial charge < -0.3 is 23.8 Å². The first-order valence-corrected chi connectivity index (χ1v) is 13.2. The largest absolute Gasteiger partial charge is 0.444 e. The summed E-state index contributed by atoms with van der Waals surface area (Å²) in [5, 5.41) is 0. The number of carbonyl (C=O) groups excluding carboxylic acids is 1. The Morgan fingerprint density at radius 1 is 0.658 bits per heavy atom. The highest BCUT2D eigenvalue weighted by molar-refractivity contribution is 5.67. The van der Waals surface area contributed by atoms with Crippen molar-refractivity contribution in [2.75, 3.05) is 46.6 Å². The molecule has 3 rings (SSSR count). The van der Waals surface area contributed by atoms with Gasteiger partial charge in [-0.2, -0.15) is 0 Å². The van der Waals surface area contributed by atoms with E-state index in [0.717, 1.165) is 23.1 Å². The number of amides is 1. The zero-order chi connectivity index (χ0) is 27.3. The van der Waals surface area contributed by atoms with E-state index in [2.05, 4.69) is 36.4 Å². The zero-order valence-electron chi connectivity index (χ0n) is 23.1. The Hall–Kier alpha value is -3.19. The fourth-order valence-corrected chi connectivity index (χ4v) is 4.11. The van der Waals surface area contributed by atoms with Crippen molar-refractivity contribution >= 4 is 6.09 Å². The number of hydrogen-bond acceptors (Lipinski definition) is 5. The minimum atomic E-state index is -0.715. The average molecular weight is 520 g/mol. The van der Waals surface area contributed by atoms with E-state index in [4.69, 9.17) is 18.9 Å². The third-order valence-electron chi connectivity index (χ3n) is 5.94. The van der Waals surface area contributed by atoms with Gasteiger partial charge in [-0.3, -0.25) is 0 Å². The van der Waals surface area contributed by atoms with Crippen molar-refractivity contribution in [3.8, 4) is 0 Å². The second-order valence-corrected chi connectivity index (χ2v) is 10.1. The van der Waals surface area contributed by atoms with Crippen LogP contribution in [0.1, 0.15) is 43.9 Å². The molecule has 0 saturated carbocycles. The lowest BCUT2D eigenvalue weighted by Gasteiger charge is -2.36. The Labute approximate surface area is 227 Å². The van der Waals surface area contributed by atoms with Crippen molar-refractivity contribution in [2.45, 2.75) is 38.4 Å². The van der Waals surface area contributed by atoms with E-state index < -0.39 is 11.2 Å². The number of hydrogen-bond donors (Lipinski definition) is 0. The van der Waals surface area contributed by atoms with Gasteiger partial charge in [0.2, 0.25) is 0 Å². The fourth-order valence-electron chi connectivity index (χ4n) is 4.11. The SMILES string of the molecule is CN(CCOCCOCCCOC(c1ccccc1)(c1ccccc1)c1ccccc1)C(=O)OC(C)(C)C. The van der Waals surface area contributed by atoms with Gasteiger partial charge in [0.05, 0.1) is 26.4 Å². The summed E-state index contributed by atoms with van der Waals surface area (Å²) in [7, 11) is 1.70. The van der Waals surface area contributed by atoms with Crippen LogP contribution in [0.5, 0.6) is 0 Å². The maximum atomic E-state index is 12.0. The van der Waals surface area contributed by atoms with Crippen molar-refractivity contribution in [3.63, 3.8) is 0 Å². The van der Waals surface area contributed by atoms with E-state index in [1.54, 1.807) is 7.05 Å². The Morgan fingerprint density at radius 2 is 1.11 bits per heavy atom. The molecule has 0 aliphatic rings. The van der Waals surface area contributed by atoms with E-state index in [9.17, 15) is 4.79 Å². The third-order valence-corrected chi connectivity index (χ3v) is 5.94. The van der Waals surface area contributed by atoms with Crippen molar-refractivity contribution in [2.24, 2.45) is 0 Å². The molecule has 3 aromatic rings. The van der Waals surface area contributed by atoms with Gasteiger partial charge in [0, 0.05) is 20.2 Å². The topological polar surface area (TPSA) is 57.2 Å². The molecule has 0 heterocycles. The molecule has 38 heavy (non-hydrogen) atoms. The Bertz CT molecular complexity index is 971. The van der Waals surface area contributed by atoms with Gasteiger partial charge in [0.15, 0.2) is 0 Å². The Balaban J connectivity index is 1.48. The van der Waals surface area contributed by atoms with Crippen LogP contribution in [0.4, 0.5) is 4.79 Å². The summed E-state index contributed by atoms with van der Waals surface area (Å²) < 4.78 is 23.5. The van der Waals surface area contributed by atoms with E-state index >= 15 is 0 Å². The summed E-state index contributed by atoms with van der Waals surface area (Å²) in [6.45, 7) is 8.48. The highest BCUT2D eigenvalue weighted by Gasteiger charge is 2.37. The van der Waals surface area contributed by atoms with E-state index in [1.165, 1.54) is 4.90 Å². The van der Waals surface area contributed by atoms with Crippen LogP contribution in [0.3, 0.4) is 0 Å². The van der Waals surface area contributed by atoms with E-state index in [-0.39, 0.29) is 6.09 Å². The molecular weight excluding hydrogens is 478 g/mol. The van der Waals surface area contributed by atoms with Crippen LogP contribution in [0.15, 0.2) is 91.0 Å². The summed E-state index contributed by atoms with van der Waals surface area (Å²) >= 11 is 0. The summed E-state index contributed by atoms with van der Waals surface area (Å²) in [5.74, 6) is 0. The Morgan fingerprint density at radius 3 is 1.55 bits per heavy atom. The molecule has 204 valence electrons. The zero-order valence-corrected chi connectivity index (χ0v) is 23.1. The highest BCUT2D eigenvalue weighted by Crippen LogP contribution is 2.40. The molecule has 0 N–H and O–H groups in total. The van der Waals surface area contributed by atoms with Crippen LogP contribution in [0, 0.1) is 0 Å². The molecule has 0 unspecified atom stereocenters. The molecule has 0 spiro atoms. The lowest BCUT2D eigenvalue weighted by Crippen LogP contribution is -2.36. The van der Waals surface area contributed by atoms with Gasteiger partial charge in [0.25, 0.3) is 0 Å². The van der Waals surface area contributed by atoms with E-state index in [0.29, 0.717) is 39.6 Å². The first kappa shape index (κ1) is 29.4. The van der Waals surface area contributed by atoms with Crippen molar-refractivity contribution < 1.29 is 23.7 Å². The van der Waals surface area contributed by atoms with Crippen molar-refractivity contribution in [3.05, 3.63) is 108 Å². The second kappa shape index (κ2) is 14.7. The fraction of sp³-hybridized carbons (Fsp3) is 0.406. The monoisotopic (exact) mass is 519 g/mol. The quantitative estimate of drug-likeness (QED) is 0.185. The molecule has 3 aromatic carbocycles. The molecule has 0 bridgehead atoms. The molecular formula is C32H41NO5. The molecule has 0 aliphatic carbocycles. The van der Waals surface area contributed by atoms with Gasteiger partial charge in [0.1, 0.15) is 11.2 Å². The van der Waals surface area contributed by atoms with Gasteiger partial charge in [-0.15, -0.1) is 0 Å². The van der Waals surface area contributed by atoms with Crippen LogP contribution in [0.25, 0.3) is 0 Å². The number of rotatable bonds is 14. The maximum Gasteiger partial charge on any atom is 0.410 e. The van der Waals surface area contributed by atoms with Crippen LogP contribution in [0.2, 0.25) is 0 Å². The molecule has 6 heteroatoms. The standard InChI is InChI=1S/C32H41NO5/c1-31(2,3)38-30(34)33(4)21-24-36-26-25-35-22-14-23-37-32(27-15-8-5-9-16-27,28-17-10-6-11-18-28)29-19-12-7-13-20-29/h5-13,15-20H,14,21-26H2,1-4H3. The third kappa shape index (κ3) is 8.69. The highest BCUT2D eigenvalue weighted by atomic mass is 16.6. The predicted molar refractivity (Wildman–Crippen MR) is 150 cm³/mol. The molecule has 0 radical (unpaired) electrons. The smallest absolute Gasteiger partial charge is 0.410 e. The number of carbonyl (C=O) groups is 1. The van der Waals surface area contributed by atoms with Crippen LogP contribution in [-0.4, -0.2) is 63.2 Å². The molecule has 0 fully saturated rings. The normalized spacial score (nSPS) is 11.8. The van der Waals surface area contributed by atoms with Gasteiger partial charge in [-0.05, 0) is 43.9 Å². The van der Waals surface area contributed by atoms with Crippen LogP contribution < -0.4 is 0 Å². The predicted octanol–water partition coefficient (Wildman–Crippen LogP) is 6.29. The summed E-state index contributed by atoms with van der Waals surface area (Å²) in [5.41, 5.74) is 2.04. The average Bonchev–Trinajstić information content (AvgIpc) is 2.92. The first-order chi connectivity index (χ1) is 18.3. The molecule has 0 saturated heterocycles. The summed E-state index contributed by atoms with van der Waals surface area (Å²) in [4.78, 5) is 13.5. The number of benzene rings is 3. The molecule has 1 amide bonds. The number of ether oxygens (including phenoxy) is 4. The van der Waals surface area contributed by atoms with Gasteiger partial charge >= 0.3 is 6.09 Å². The van der Waals surface area contributed by atoms with E-state index in [1.807, 2.05) is 75.4 Å². The molecule has 0 aliphatic heterocycles. The summed E-state index contributed by atoms with van der Waals surface area (Å²) in [6, 6.07) is 31.1. The minimum Gasteiger partial charge on any atom is -0.444 e. The lowest BCUT2D eigenvalue weighted by molar-refractivity contribution is -0.00848. The second-order valence-electron chi connectivity index (χ2n) is 10.1. The molecule has 6 nitrogen and oxygen atoms in total. The first-order valence-electron chi connectivity index (χ1n) is 13.2. The van der Waals surface area contributed by atoms with Gasteiger partial charge in [-0.25, -0.2) is 4.79 Å². The minimum absolute atomic E-state index is 0.352. The van der Waals surface area contributed by atoms with Crippen LogP contribution in [-0.2, 0) is 24.5 Å². The molecule has 0 aromatic heterocycles. The van der Waals surface area contributed by atoms with Crippen molar-refractivity contribution in [1.29, 1.82) is 0 Å². The molecule has 0 atom stereocenters. The summed E-state index contributed by atoms with van der Waals surface area (Å²) in [6.07, 6.45) is 0.394. The maximum absolute atomic E-state index is 12.0. The number of likely N-dealkylation sites (N-methyl/N-ethyl adjacent to an activating group) is 1. The van der Waals surface area contributed by atoms with Gasteiger partial charge in [-0.1, -0.05) is 91.0 Å². The number of nitrogens with zero attached hydrogens (tertiary/aromatic N) is 1. The van der Waals surface area contributed by atoms with Crippen molar-refractivity contribution in [1.82, 2.24) is 4.90 Å². The Kier molecular flexibility index (Phi) is 11.3. The lowest BCUT2D eigenvalue weighted by atomic mass is 9.80.